The van der Waals surface area contributed by atoms with Crippen molar-refractivity contribution < 1.29 is 14.8 Å². The standard InChI is InChI=1S/C14H21N3O4/c1-9(2)11(6-7-18)16-12-5-4-10(14(19)15-3)8-13(12)17(20)21/h4-5,8-9,11,16,18H,6-7H2,1-3H3,(H,15,19). The zero-order chi connectivity index (χ0) is 16.0. The zero-order valence-corrected chi connectivity index (χ0v) is 12.4. The first-order valence-electron chi connectivity index (χ1n) is 6.78. The summed E-state index contributed by atoms with van der Waals surface area (Å²) in [4.78, 5) is 22.2. The number of aliphatic hydroxyl groups excluding tert-OH is 1. The SMILES string of the molecule is CNC(=O)c1ccc(NC(CCO)C(C)C)c([N+](=O)[O-])c1. The Balaban J connectivity index is 3.11. The molecule has 0 saturated heterocycles. The van der Waals surface area contributed by atoms with Gasteiger partial charge in [0.1, 0.15) is 5.69 Å². The van der Waals surface area contributed by atoms with Crippen molar-refractivity contribution in [1.29, 1.82) is 0 Å². The molecule has 1 aromatic carbocycles. The summed E-state index contributed by atoms with van der Waals surface area (Å²) in [6.07, 6.45) is 0.492. The Morgan fingerprint density at radius 1 is 1.43 bits per heavy atom. The maximum Gasteiger partial charge on any atom is 0.293 e. The summed E-state index contributed by atoms with van der Waals surface area (Å²) < 4.78 is 0. The van der Waals surface area contributed by atoms with Crippen LogP contribution in [0.25, 0.3) is 0 Å². The number of nitrogens with zero attached hydrogens (tertiary/aromatic N) is 1. The van der Waals surface area contributed by atoms with Crippen molar-refractivity contribution in [3.63, 3.8) is 0 Å². The maximum absolute atomic E-state index is 11.5. The van der Waals surface area contributed by atoms with Crippen molar-refractivity contribution in [2.75, 3.05) is 19.0 Å². The zero-order valence-electron chi connectivity index (χ0n) is 12.4. The van der Waals surface area contributed by atoms with Gasteiger partial charge in [-0.2, -0.15) is 0 Å². The summed E-state index contributed by atoms with van der Waals surface area (Å²) in [5, 5.41) is 25.8. The molecular weight excluding hydrogens is 274 g/mol. The van der Waals surface area contributed by atoms with Crippen LogP contribution >= 0.6 is 0 Å². The molecule has 0 saturated carbocycles. The highest BCUT2D eigenvalue weighted by Crippen LogP contribution is 2.27. The summed E-state index contributed by atoms with van der Waals surface area (Å²) in [7, 11) is 1.47. The van der Waals surface area contributed by atoms with Crippen LogP contribution in [-0.2, 0) is 0 Å². The second kappa shape index (κ2) is 7.58. The molecule has 0 bridgehead atoms. The van der Waals surface area contributed by atoms with E-state index < -0.39 is 4.92 Å². The van der Waals surface area contributed by atoms with Crippen LogP contribution in [0, 0.1) is 16.0 Å². The fourth-order valence-corrected chi connectivity index (χ4v) is 2.00. The number of hydrogen-bond donors (Lipinski definition) is 3. The van der Waals surface area contributed by atoms with Crippen LogP contribution in [0.1, 0.15) is 30.6 Å². The van der Waals surface area contributed by atoms with E-state index in [0.717, 1.165) is 0 Å². The van der Waals surface area contributed by atoms with Crippen LogP contribution < -0.4 is 10.6 Å². The topological polar surface area (TPSA) is 104 Å². The number of nitro benzene ring substituents is 1. The molecule has 3 N–H and O–H groups in total. The van der Waals surface area contributed by atoms with E-state index in [9.17, 15) is 14.9 Å². The molecule has 1 amide bonds. The number of carbonyl (C=O) groups is 1. The van der Waals surface area contributed by atoms with Gasteiger partial charge in [0.2, 0.25) is 0 Å². The first-order valence-corrected chi connectivity index (χ1v) is 6.78. The Hall–Kier alpha value is -2.15. The fourth-order valence-electron chi connectivity index (χ4n) is 2.00. The predicted molar refractivity (Wildman–Crippen MR) is 80.4 cm³/mol. The average Bonchev–Trinajstić information content (AvgIpc) is 2.45. The molecule has 1 atom stereocenters. The highest BCUT2D eigenvalue weighted by molar-refractivity contribution is 5.95. The monoisotopic (exact) mass is 295 g/mol. The van der Waals surface area contributed by atoms with Gasteiger partial charge in [-0.05, 0) is 24.5 Å². The molecule has 1 aromatic rings. The Morgan fingerprint density at radius 3 is 2.57 bits per heavy atom. The third-order valence-corrected chi connectivity index (χ3v) is 3.27. The number of anilines is 1. The highest BCUT2D eigenvalue weighted by Gasteiger charge is 2.21. The van der Waals surface area contributed by atoms with Crippen LogP contribution in [0.3, 0.4) is 0 Å². The minimum Gasteiger partial charge on any atom is -0.396 e. The van der Waals surface area contributed by atoms with Crippen LogP contribution in [0.15, 0.2) is 18.2 Å². The second-order valence-electron chi connectivity index (χ2n) is 5.08. The van der Waals surface area contributed by atoms with Gasteiger partial charge < -0.3 is 15.7 Å². The Bertz CT molecular complexity index is 517. The lowest BCUT2D eigenvalue weighted by atomic mass is 10.0. The van der Waals surface area contributed by atoms with Crippen LogP contribution in [-0.4, -0.2) is 35.6 Å². The lowest BCUT2D eigenvalue weighted by molar-refractivity contribution is -0.384. The molecule has 0 spiro atoms. The number of hydrogen-bond acceptors (Lipinski definition) is 5. The summed E-state index contributed by atoms with van der Waals surface area (Å²) in [6, 6.07) is 4.22. The Labute approximate surface area is 123 Å². The minimum atomic E-state index is -0.523. The molecule has 1 rings (SSSR count). The van der Waals surface area contributed by atoms with E-state index in [4.69, 9.17) is 5.11 Å². The maximum atomic E-state index is 11.5. The fraction of sp³-hybridized carbons (Fsp3) is 0.500. The number of carbonyl (C=O) groups excluding carboxylic acids is 1. The van der Waals surface area contributed by atoms with Crippen molar-refractivity contribution in [2.24, 2.45) is 5.92 Å². The molecule has 0 aromatic heterocycles. The van der Waals surface area contributed by atoms with E-state index in [1.807, 2.05) is 13.8 Å². The molecule has 0 aliphatic rings. The first-order chi connectivity index (χ1) is 9.90. The smallest absolute Gasteiger partial charge is 0.293 e. The molecule has 0 radical (unpaired) electrons. The third kappa shape index (κ3) is 4.42. The van der Waals surface area contributed by atoms with Gasteiger partial charge in [-0.15, -0.1) is 0 Å². The number of nitrogens with one attached hydrogen (secondary N) is 2. The molecule has 21 heavy (non-hydrogen) atoms. The lowest BCUT2D eigenvalue weighted by Crippen LogP contribution is -2.27. The van der Waals surface area contributed by atoms with E-state index in [1.165, 1.54) is 25.2 Å². The lowest BCUT2D eigenvalue weighted by Gasteiger charge is -2.22. The van der Waals surface area contributed by atoms with Gasteiger partial charge in [0.15, 0.2) is 0 Å². The summed E-state index contributed by atoms with van der Waals surface area (Å²) in [6.45, 7) is 3.94. The van der Waals surface area contributed by atoms with Crippen LogP contribution in [0.5, 0.6) is 0 Å². The predicted octanol–water partition coefficient (Wildman–Crippen LogP) is 1.77. The number of benzene rings is 1. The molecule has 0 aliphatic carbocycles. The molecule has 0 fully saturated rings. The normalized spacial score (nSPS) is 12.0. The molecule has 116 valence electrons. The van der Waals surface area contributed by atoms with E-state index >= 15 is 0 Å². The number of aliphatic hydroxyl groups is 1. The molecule has 7 nitrogen and oxygen atoms in total. The first kappa shape index (κ1) is 16.9. The third-order valence-electron chi connectivity index (χ3n) is 3.27. The van der Waals surface area contributed by atoms with Crippen LogP contribution in [0.2, 0.25) is 0 Å². The molecule has 0 aliphatic heterocycles. The van der Waals surface area contributed by atoms with Crippen LogP contribution in [0.4, 0.5) is 11.4 Å². The summed E-state index contributed by atoms with van der Waals surface area (Å²) >= 11 is 0. The van der Waals surface area contributed by atoms with E-state index in [2.05, 4.69) is 10.6 Å². The molecule has 7 heteroatoms. The highest BCUT2D eigenvalue weighted by atomic mass is 16.6. The van der Waals surface area contributed by atoms with Gasteiger partial charge >= 0.3 is 0 Å². The summed E-state index contributed by atoms with van der Waals surface area (Å²) in [5.74, 6) is -0.171. The van der Waals surface area contributed by atoms with Crippen molar-refractivity contribution in [3.8, 4) is 0 Å². The van der Waals surface area contributed by atoms with Gasteiger partial charge in [0, 0.05) is 31.3 Å². The summed E-state index contributed by atoms with van der Waals surface area (Å²) in [5.41, 5.74) is 0.428. The Kier molecular flexibility index (Phi) is 6.10. The average molecular weight is 295 g/mol. The van der Waals surface area contributed by atoms with Gasteiger partial charge in [-0.3, -0.25) is 14.9 Å². The minimum absolute atomic E-state index is 0.0000313. The Morgan fingerprint density at radius 2 is 2.10 bits per heavy atom. The number of nitro groups is 1. The van der Waals surface area contributed by atoms with E-state index in [-0.39, 0.29) is 35.7 Å². The van der Waals surface area contributed by atoms with Crippen molar-refractivity contribution in [3.05, 3.63) is 33.9 Å². The second-order valence-corrected chi connectivity index (χ2v) is 5.08. The van der Waals surface area contributed by atoms with Crippen molar-refractivity contribution >= 4 is 17.3 Å². The van der Waals surface area contributed by atoms with Gasteiger partial charge in [0.25, 0.3) is 11.6 Å². The van der Waals surface area contributed by atoms with E-state index in [1.54, 1.807) is 0 Å². The molecule has 1 unspecified atom stereocenters. The number of amides is 1. The van der Waals surface area contributed by atoms with Crippen molar-refractivity contribution in [2.45, 2.75) is 26.3 Å². The quantitative estimate of drug-likeness (QED) is 0.525. The van der Waals surface area contributed by atoms with Gasteiger partial charge in [-0.1, -0.05) is 13.8 Å². The number of rotatable bonds is 7. The van der Waals surface area contributed by atoms with Gasteiger partial charge in [0.05, 0.1) is 4.92 Å². The van der Waals surface area contributed by atoms with E-state index in [0.29, 0.717) is 12.1 Å². The van der Waals surface area contributed by atoms with Gasteiger partial charge in [-0.25, -0.2) is 0 Å². The van der Waals surface area contributed by atoms with Crippen molar-refractivity contribution in [1.82, 2.24) is 5.32 Å². The molecular formula is C14H21N3O4. The largest absolute Gasteiger partial charge is 0.396 e. The molecule has 0 heterocycles.